The molecule has 642 valence electrons. The van der Waals surface area contributed by atoms with Crippen LogP contribution in [0.1, 0.15) is 191 Å². The zero-order valence-electron chi connectivity index (χ0n) is 75.8. The van der Waals surface area contributed by atoms with Crippen molar-refractivity contribution in [1.29, 1.82) is 0 Å². The number of ether oxygens (including phenoxy) is 8. The van der Waals surface area contributed by atoms with E-state index in [-0.39, 0.29) is 22.4 Å². The maximum absolute atomic E-state index is 6.48. The molecule has 0 saturated heterocycles. The molecule has 11 aromatic rings. The molecule has 0 amide bonds. The molecule has 6 aromatic heterocycles. The Hall–Kier alpha value is -11.9. The number of H-pyrrole nitrogens is 4. The number of hydrogen-bond acceptors (Lipinski definition) is 12. The van der Waals surface area contributed by atoms with E-state index in [1.54, 1.807) is 28.4 Å². The van der Waals surface area contributed by atoms with E-state index < -0.39 is 8.07 Å². The minimum absolute atomic E-state index is 0.330. The summed E-state index contributed by atoms with van der Waals surface area (Å²) in [7, 11) is 4.67. The lowest BCUT2D eigenvalue weighted by molar-refractivity contribution is 0.00511. The van der Waals surface area contributed by atoms with Crippen LogP contribution in [0.4, 0.5) is 0 Å². The van der Waals surface area contributed by atoms with Gasteiger partial charge in [-0.3, -0.25) is 0 Å². The molecular weight excluding hydrogens is 1570 g/mol. The highest BCUT2D eigenvalue weighted by Crippen LogP contribution is 2.48. The molecule has 10 heterocycles. The van der Waals surface area contributed by atoms with Crippen molar-refractivity contribution in [3.63, 3.8) is 0 Å². The van der Waals surface area contributed by atoms with Gasteiger partial charge in [0.1, 0.15) is 31.1 Å². The molecule has 5 aromatic carbocycles. The summed E-state index contributed by atoms with van der Waals surface area (Å²) >= 11 is 0. The highest BCUT2D eigenvalue weighted by molar-refractivity contribution is 6.90. The van der Waals surface area contributed by atoms with E-state index in [9.17, 15) is 0 Å². The molecule has 0 saturated carbocycles. The molecule has 4 aliphatic heterocycles. The van der Waals surface area contributed by atoms with Crippen LogP contribution in [0.3, 0.4) is 0 Å². The Bertz CT molecular complexity index is 6290. The second kappa shape index (κ2) is 36.0. The molecule has 0 spiro atoms. The van der Waals surface area contributed by atoms with Gasteiger partial charge in [-0.2, -0.15) is 0 Å². The Morgan fingerprint density at radius 2 is 0.616 bits per heavy atom. The van der Waals surface area contributed by atoms with E-state index in [0.717, 1.165) is 217 Å². The topological polar surface area (TPSA) is 189 Å². The monoisotopic (exact) mass is 1680 g/mol. The van der Waals surface area contributed by atoms with Crippen LogP contribution in [0.15, 0.2) is 164 Å². The predicted octanol–water partition coefficient (Wildman–Crippen LogP) is 26.5. The maximum atomic E-state index is 6.48. The number of aromatic nitrogens is 8. The van der Waals surface area contributed by atoms with E-state index in [0.29, 0.717) is 55.9 Å². The van der Waals surface area contributed by atoms with Crippen molar-refractivity contribution in [3.05, 3.63) is 226 Å². The molecule has 5 aliphatic rings. The molecule has 17 heteroatoms. The first-order chi connectivity index (χ1) is 60.1. The zero-order valence-corrected chi connectivity index (χ0v) is 76.8. The number of fused-ring (bicyclic) bond motifs is 17. The summed E-state index contributed by atoms with van der Waals surface area (Å²) in [5.41, 5.74) is 31.8. The number of nitrogens with zero attached hydrogens (tertiary/aromatic N) is 4. The molecule has 0 atom stereocenters. The first-order valence-corrected chi connectivity index (χ1v) is 46.4. The minimum Gasteiger partial charge on any atom is -0.493 e. The van der Waals surface area contributed by atoms with Crippen molar-refractivity contribution in [2.75, 3.05) is 54.9 Å². The maximum Gasteiger partial charge on any atom is 0.146 e. The lowest BCUT2D eigenvalue weighted by atomic mass is 9.89. The zero-order chi connectivity index (χ0) is 87.7. The van der Waals surface area contributed by atoms with Crippen molar-refractivity contribution >= 4 is 101 Å². The molecule has 16 bridgehead atoms. The fraction of sp³-hybridized carbons (Fsp3) is 0.333. The molecule has 125 heavy (non-hydrogen) atoms. The molecule has 0 unspecified atom stereocenters. The van der Waals surface area contributed by atoms with Crippen LogP contribution in [-0.2, 0) is 31.8 Å². The number of methoxy groups -OCH3 is 4. The SMILES string of the molecule is COC(C)(C)CCOc1ccc(-c2c3nc(c(-c4cc5c(cc4-c4c6nc(c(-c7ccc(OCCC(C)(C)OC)cc7)c7ccc([nH]7)c(C#C[Si](C(C)C)(C(C)C)C(C)C)c7nc(c(-c8ccc(OCCC(C)(C)OC)cc8)c8ccc4[nH]8)C=C7)C=C6)CCC5)c4ccc([nH]4)c(-c4ccc(OCCC(C)(C)OC)cc4)c4nc(cc5ccc2[nH]5)C=C4)C=C3)cc1. The fourth-order valence-corrected chi connectivity index (χ4v) is 23.0. The third-order valence-corrected chi connectivity index (χ3v) is 32.3. The van der Waals surface area contributed by atoms with Gasteiger partial charge in [-0.15, -0.1) is 5.54 Å². The Morgan fingerprint density at radius 1 is 0.328 bits per heavy atom. The molecule has 16 nitrogen and oxygen atoms in total. The van der Waals surface area contributed by atoms with Crippen LogP contribution in [0, 0.1) is 11.5 Å². The molecule has 0 radical (unpaired) electrons. The summed E-state index contributed by atoms with van der Waals surface area (Å²) in [4.78, 5) is 39.3. The number of benzene rings is 5. The van der Waals surface area contributed by atoms with Crippen LogP contribution >= 0.6 is 0 Å². The van der Waals surface area contributed by atoms with Crippen molar-refractivity contribution in [2.45, 2.75) is 181 Å². The average molecular weight is 1680 g/mol. The van der Waals surface area contributed by atoms with E-state index >= 15 is 0 Å². The van der Waals surface area contributed by atoms with Crippen LogP contribution in [0.2, 0.25) is 16.6 Å². The van der Waals surface area contributed by atoms with Crippen molar-refractivity contribution in [1.82, 2.24) is 39.9 Å². The number of aryl methyl sites for hydroxylation is 2. The molecule has 4 N–H and O–H groups in total. The molecule has 16 rings (SSSR count). The number of nitrogens with one attached hydrogen (secondary N) is 4. The van der Waals surface area contributed by atoms with Crippen molar-refractivity contribution < 1.29 is 37.9 Å². The van der Waals surface area contributed by atoms with Crippen molar-refractivity contribution in [2.24, 2.45) is 0 Å². The van der Waals surface area contributed by atoms with Gasteiger partial charge in [-0.1, -0.05) is 108 Å². The van der Waals surface area contributed by atoms with Gasteiger partial charge in [0, 0.05) is 126 Å². The minimum atomic E-state index is -2.31. The Labute approximate surface area is 737 Å². The Balaban J connectivity index is 0.992. The number of rotatable bonds is 29. The smallest absolute Gasteiger partial charge is 0.146 e. The normalized spacial score (nSPS) is 13.4. The van der Waals surface area contributed by atoms with Gasteiger partial charge >= 0.3 is 0 Å². The Kier molecular flexibility index (Phi) is 24.9. The van der Waals surface area contributed by atoms with Gasteiger partial charge in [0.05, 0.1) is 105 Å². The lowest BCUT2D eigenvalue weighted by Crippen LogP contribution is -2.43. The summed E-state index contributed by atoms with van der Waals surface area (Å²) < 4.78 is 48.9. The summed E-state index contributed by atoms with van der Waals surface area (Å²) in [6, 6.07) is 58.1. The van der Waals surface area contributed by atoms with E-state index in [2.05, 4.69) is 341 Å². The van der Waals surface area contributed by atoms with Gasteiger partial charge < -0.3 is 57.8 Å². The third-order valence-electron chi connectivity index (χ3n) is 26.0. The number of aromatic amines is 4. The summed E-state index contributed by atoms with van der Waals surface area (Å²) in [5, 5.41) is 0. The van der Waals surface area contributed by atoms with E-state index in [4.69, 9.17) is 57.8 Å². The third kappa shape index (κ3) is 18.6. The summed E-state index contributed by atoms with van der Waals surface area (Å²) in [6.07, 6.45) is 22.9. The molecular formula is C108H118N8O8Si. The largest absolute Gasteiger partial charge is 0.493 e. The first-order valence-electron chi connectivity index (χ1n) is 44.2. The first kappa shape index (κ1) is 86.6. The highest BCUT2D eigenvalue weighted by atomic mass is 28.3. The summed E-state index contributed by atoms with van der Waals surface area (Å²) in [5.74, 6) is 7.00. The highest BCUT2D eigenvalue weighted by Gasteiger charge is 2.42. The van der Waals surface area contributed by atoms with Gasteiger partial charge in [-0.25, -0.2) is 19.9 Å². The fourth-order valence-electron chi connectivity index (χ4n) is 17.8. The van der Waals surface area contributed by atoms with Gasteiger partial charge in [-0.05, 0) is 288 Å². The molecule has 1 aliphatic carbocycles. The van der Waals surface area contributed by atoms with Gasteiger partial charge in [0.2, 0.25) is 0 Å². The quantitative estimate of drug-likeness (QED) is 0.0257. The van der Waals surface area contributed by atoms with Gasteiger partial charge in [0.25, 0.3) is 0 Å². The van der Waals surface area contributed by atoms with Crippen LogP contribution in [0.5, 0.6) is 23.0 Å². The van der Waals surface area contributed by atoms with Crippen molar-refractivity contribution in [3.8, 4) is 101 Å². The standard InChI is InChI=1S/C108H118N8O8Si/c1-67(2)125(68(3)4,69(5)6)63-54-82-85-42-44-89(111-85)101(72-26-36-80(37-27-72)123-61-57-107(11,12)119-17)93-48-52-97(115-93)104(98-53-49-94(116-98)102(90-45-43-86(82)112-90)73-28-38-81(39-29-73)124-62-58-108(13,14)120-18)84-65-75-21-19-20-74(75)64-83(84)103-95-50-46-91(113-95)99(70-22-32-78(33-23-70)121-59-55-105(7,8)117-15)87-40-30-76(109-87)66-77-31-41-88(110-77)100(92-47-51-96(103)114-92)71-24-34-79(35-25-71)122-60-56-106(9,10)118-16/h22-53,64-69,109,111,114,116H,19-21,55-62H2,1-18H3. The second-order valence-electron chi connectivity index (χ2n) is 36.9. The number of hydrogen-bond donors (Lipinski definition) is 4. The lowest BCUT2D eigenvalue weighted by Gasteiger charge is -2.38. The Morgan fingerprint density at radius 3 is 0.968 bits per heavy atom. The van der Waals surface area contributed by atoms with Crippen LogP contribution in [0.25, 0.3) is 160 Å². The molecule has 0 fully saturated rings. The summed E-state index contributed by atoms with van der Waals surface area (Å²) in [6.45, 7) is 32.8. The van der Waals surface area contributed by atoms with Gasteiger partial charge in [0.15, 0.2) is 0 Å². The average Bonchev–Trinajstić information content (AvgIpc) is 1.62. The van der Waals surface area contributed by atoms with E-state index in [1.807, 2.05) is 0 Å². The van der Waals surface area contributed by atoms with Crippen LogP contribution < -0.4 is 18.9 Å². The van der Waals surface area contributed by atoms with E-state index in [1.165, 1.54) is 11.1 Å². The van der Waals surface area contributed by atoms with Crippen LogP contribution in [-0.4, -0.2) is 125 Å². The predicted molar refractivity (Wildman–Crippen MR) is 519 cm³/mol. The second-order valence-corrected chi connectivity index (χ2v) is 42.4.